The van der Waals surface area contributed by atoms with Crippen LogP contribution in [0.3, 0.4) is 0 Å². The number of nitrogens with two attached hydrogens (primary N) is 1. The highest BCUT2D eigenvalue weighted by Crippen LogP contribution is 2.30. The number of alkyl carbamates (subject to hydrolysis) is 1. The molecule has 15 nitrogen and oxygen atoms in total. The van der Waals surface area contributed by atoms with Crippen molar-refractivity contribution in [2.75, 3.05) is 46.6 Å². The van der Waals surface area contributed by atoms with Crippen LogP contribution < -0.4 is 11.1 Å². The fourth-order valence-corrected chi connectivity index (χ4v) is 3.39. The molecule has 1 amide bonds. The molecule has 2 rings (SSSR count). The van der Waals surface area contributed by atoms with Crippen LogP contribution in [0.5, 0.6) is 0 Å². The molecule has 2 aliphatic rings. The molecule has 0 spiro atoms. The van der Waals surface area contributed by atoms with E-state index >= 15 is 0 Å². The first-order valence-corrected chi connectivity index (χ1v) is 10.5. The van der Waals surface area contributed by atoms with Gasteiger partial charge in [0.2, 0.25) is 0 Å². The Labute approximate surface area is 189 Å². The van der Waals surface area contributed by atoms with Crippen molar-refractivity contribution in [3.05, 3.63) is 0 Å². The summed E-state index contributed by atoms with van der Waals surface area (Å²) in [6.07, 6.45) is -16.0. The molecular weight excluding hydrogens is 452 g/mol. The van der Waals surface area contributed by atoms with E-state index < -0.39 is 80.7 Å². The molecule has 2 fully saturated rings. The summed E-state index contributed by atoms with van der Waals surface area (Å²) in [6, 6.07) is 0. The number of amides is 1. The summed E-state index contributed by atoms with van der Waals surface area (Å²) < 4.78 is 32.2. The van der Waals surface area contributed by atoms with E-state index in [0.29, 0.717) is 6.54 Å². The highest BCUT2D eigenvalue weighted by molar-refractivity contribution is 5.67. The zero-order valence-corrected chi connectivity index (χ0v) is 18.1. The minimum absolute atomic E-state index is 0.0278. The molecule has 0 saturated carbocycles. The van der Waals surface area contributed by atoms with Gasteiger partial charge in [-0.3, -0.25) is 0 Å². The van der Waals surface area contributed by atoms with Gasteiger partial charge in [-0.15, -0.1) is 0 Å². The van der Waals surface area contributed by atoms with Gasteiger partial charge in [0.05, 0.1) is 33.0 Å². The van der Waals surface area contributed by atoms with Gasteiger partial charge < -0.3 is 70.1 Å². The van der Waals surface area contributed by atoms with Crippen LogP contribution in [0, 0.1) is 0 Å². The number of ether oxygens (including phenoxy) is 6. The van der Waals surface area contributed by atoms with Gasteiger partial charge in [0, 0.05) is 13.6 Å². The lowest BCUT2D eigenvalue weighted by Crippen LogP contribution is -2.65. The van der Waals surface area contributed by atoms with Crippen LogP contribution in [-0.2, 0) is 28.4 Å². The van der Waals surface area contributed by atoms with Crippen molar-refractivity contribution in [2.45, 2.75) is 61.4 Å². The van der Waals surface area contributed by atoms with Crippen LogP contribution in [0.2, 0.25) is 0 Å². The average Bonchev–Trinajstić information content (AvgIpc) is 2.81. The number of nitrogens with one attached hydrogen (secondary N) is 1. The fourth-order valence-electron chi connectivity index (χ4n) is 3.39. The van der Waals surface area contributed by atoms with Crippen LogP contribution in [0.4, 0.5) is 4.79 Å². The molecule has 2 aliphatic heterocycles. The summed E-state index contributed by atoms with van der Waals surface area (Å²) in [6.45, 7) is -0.654. The third kappa shape index (κ3) is 7.14. The number of carbonyl (C=O) groups excluding carboxylic acids is 1. The van der Waals surface area contributed by atoms with Gasteiger partial charge in [-0.1, -0.05) is 0 Å². The van der Waals surface area contributed by atoms with Crippen molar-refractivity contribution in [1.82, 2.24) is 5.32 Å². The van der Waals surface area contributed by atoms with E-state index in [1.807, 2.05) is 0 Å². The molecule has 0 bridgehead atoms. The average molecular weight is 486 g/mol. The molecule has 15 heteroatoms. The van der Waals surface area contributed by atoms with E-state index in [1.54, 1.807) is 0 Å². The van der Waals surface area contributed by atoms with Gasteiger partial charge >= 0.3 is 6.09 Å². The maximum Gasteiger partial charge on any atom is 0.407 e. The van der Waals surface area contributed by atoms with E-state index in [1.165, 1.54) is 7.05 Å². The van der Waals surface area contributed by atoms with Gasteiger partial charge in [-0.05, 0) is 0 Å². The van der Waals surface area contributed by atoms with E-state index in [4.69, 9.17) is 34.2 Å². The Morgan fingerprint density at radius 1 is 0.879 bits per heavy atom. The quantitative estimate of drug-likeness (QED) is 0.128. The van der Waals surface area contributed by atoms with Gasteiger partial charge in [0.25, 0.3) is 0 Å². The first-order chi connectivity index (χ1) is 15.8. The van der Waals surface area contributed by atoms with Crippen molar-refractivity contribution < 1.29 is 63.9 Å². The highest BCUT2D eigenvalue weighted by Gasteiger charge is 2.52. The van der Waals surface area contributed by atoms with Gasteiger partial charge in [-0.2, -0.15) is 0 Å². The van der Waals surface area contributed by atoms with Gasteiger partial charge in [0.15, 0.2) is 18.7 Å². The van der Waals surface area contributed by atoms with Gasteiger partial charge in [0.1, 0.15) is 42.7 Å². The summed E-state index contributed by atoms with van der Waals surface area (Å²) >= 11 is 0. The fraction of sp³-hybridized carbons (Fsp3) is 0.944. The van der Waals surface area contributed by atoms with Crippen LogP contribution in [0.15, 0.2) is 0 Å². The number of hydrogen-bond donors (Lipinski definition) is 8. The molecule has 1 unspecified atom stereocenters. The zero-order valence-electron chi connectivity index (χ0n) is 18.1. The van der Waals surface area contributed by atoms with Crippen molar-refractivity contribution in [1.29, 1.82) is 0 Å². The number of carbonyl (C=O) groups is 1. The Bertz CT molecular complexity index is 588. The number of aliphatic hydroxyl groups is 6. The second-order valence-corrected chi connectivity index (χ2v) is 7.41. The molecule has 0 aromatic carbocycles. The SMILES string of the molecule is CNC(=O)O[C@H]1[C@H](O)[C@@H](O[C@@H]2C(OCCOCCN)O[C@@H](CO)[C@@H](O)[C@@H]2O)O[C@H](CO)[C@H]1O. The summed E-state index contributed by atoms with van der Waals surface area (Å²) in [5, 5.41) is 62.8. The molecule has 33 heavy (non-hydrogen) atoms. The molecule has 194 valence electrons. The lowest BCUT2D eigenvalue weighted by Gasteiger charge is -2.46. The predicted octanol–water partition coefficient (Wildman–Crippen LogP) is -5.03. The smallest absolute Gasteiger partial charge is 0.407 e. The second-order valence-electron chi connectivity index (χ2n) is 7.41. The first-order valence-electron chi connectivity index (χ1n) is 10.5. The number of rotatable bonds is 11. The standard InChI is InChI=1S/C18H34N2O13/c1-20-18(27)33-14-11(24)9(7-22)30-16(13(14)26)32-15-12(25)10(23)8(6-21)31-17(15)29-5-4-28-3-2-19/h8-17,21-26H,2-7,19H2,1H3,(H,20,27)/t8-,9+,10+,11+,12-,13-,14+,15-,16+,17?/m0/s1. The van der Waals surface area contributed by atoms with Gasteiger partial charge in [-0.25, -0.2) is 4.79 Å². The monoisotopic (exact) mass is 486 g/mol. The maximum atomic E-state index is 11.6. The van der Waals surface area contributed by atoms with Crippen LogP contribution in [-0.4, -0.2) is 145 Å². The third-order valence-corrected chi connectivity index (χ3v) is 5.16. The first kappa shape index (κ1) is 28.0. The van der Waals surface area contributed by atoms with Crippen molar-refractivity contribution in [2.24, 2.45) is 5.73 Å². The lowest BCUT2D eigenvalue weighted by molar-refractivity contribution is -0.367. The minimum atomic E-state index is -1.76. The Morgan fingerprint density at radius 2 is 1.52 bits per heavy atom. The molecule has 0 radical (unpaired) electrons. The second kappa shape index (κ2) is 13.6. The summed E-state index contributed by atoms with van der Waals surface area (Å²) in [5.74, 6) is 0. The van der Waals surface area contributed by atoms with Crippen molar-refractivity contribution in [3.8, 4) is 0 Å². The largest absolute Gasteiger partial charge is 0.440 e. The minimum Gasteiger partial charge on any atom is -0.440 e. The molecular formula is C18H34N2O13. The highest BCUT2D eigenvalue weighted by atomic mass is 16.8. The third-order valence-electron chi connectivity index (χ3n) is 5.16. The van der Waals surface area contributed by atoms with E-state index in [0.717, 1.165) is 0 Å². The predicted molar refractivity (Wildman–Crippen MR) is 106 cm³/mol. The molecule has 0 aromatic heterocycles. The Hall–Kier alpha value is -1.21. The van der Waals surface area contributed by atoms with Crippen LogP contribution in [0.1, 0.15) is 0 Å². The Balaban J connectivity index is 2.16. The number of hydrogen-bond acceptors (Lipinski definition) is 14. The Kier molecular flexibility index (Phi) is 11.6. The molecule has 2 saturated heterocycles. The molecule has 2 heterocycles. The van der Waals surface area contributed by atoms with E-state index in [9.17, 15) is 35.4 Å². The van der Waals surface area contributed by atoms with Crippen molar-refractivity contribution in [3.63, 3.8) is 0 Å². The summed E-state index contributed by atoms with van der Waals surface area (Å²) in [4.78, 5) is 11.6. The maximum absolute atomic E-state index is 11.6. The van der Waals surface area contributed by atoms with E-state index in [2.05, 4.69) is 5.32 Å². The molecule has 0 aromatic rings. The number of aliphatic hydroxyl groups excluding tert-OH is 6. The van der Waals surface area contributed by atoms with Crippen molar-refractivity contribution >= 4 is 6.09 Å². The van der Waals surface area contributed by atoms with Crippen LogP contribution >= 0.6 is 0 Å². The zero-order chi connectivity index (χ0) is 24.5. The topological polar surface area (TPSA) is 232 Å². The molecule has 0 aliphatic carbocycles. The van der Waals surface area contributed by atoms with Crippen LogP contribution in [0.25, 0.3) is 0 Å². The normalized spacial score (nSPS) is 39.3. The summed E-state index contributed by atoms with van der Waals surface area (Å²) in [7, 11) is 1.27. The molecule has 10 atom stereocenters. The van der Waals surface area contributed by atoms with E-state index in [-0.39, 0.29) is 19.8 Å². The molecule has 9 N–H and O–H groups in total. The summed E-state index contributed by atoms with van der Waals surface area (Å²) in [5.41, 5.74) is 5.34. The Morgan fingerprint density at radius 3 is 2.12 bits per heavy atom. The lowest BCUT2D eigenvalue weighted by atomic mass is 9.97.